The van der Waals surface area contributed by atoms with Crippen LogP contribution in [-0.4, -0.2) is 9.13 Å². The second kappa shape index (κ2) is 10.2. The molecule has 10 aromatic rings. The fraction of sp³-hybridized carbons (Fsp3) is 0. The maximum Gasteiger partial charge on any atom is 0.0991 e. The number of fused-ring (bicyclic) bond motifs is 9. The van der Waals surface area contributed by atoms with E-state index in [0.29, 0.717) is 5.56 Å². The van der Waals surface area contributed by atoms with E-state index >= 15 is 0 Å². The standard InChI is InChI=1S/C45H27N3/c46-28-29-17-18-30-19-20-31-26-34(22-24-35(31)40(30)25-29)48-41-14-6-4-11-37(41)38-23-21-32(27-44(38)48)36-13-8-16-43-45(36)39-12-5-7-15-42(39)47(43)33-9-2-1-3-10-33/h1-27H. The van der Waals surface area contributed by atoms with Crippen molar-refractivity contribution in [1.29, 1.82) is 5.26 Å². The van der Waals surface area contributed by atoms with E-state index in [0.717, 1.165) is 32.9 Å². The number of benzene rings is 8. The summed E-state index contributed by atoms with van der Waals surface area (Å²) in [4.78, 5) is 0. The Morgan fingerprint density at radius 2 is 1.06 bits per heavy atom. The van der Waals surface area contributed by atoms with Gasteiger partial charge in [0.05, 0.1) is 33.7 Å². The average molecular weight is 610 g/mol. The SMILES string of the molecule is N#Cc1ccc2ccc3cc(-n4c5ccccc5c5ccc(-c6cccc7c6c6ccccc6n7-c6ccccc6)cc54)ccc3c2c1. The van der Waals surface area contributed by atoms with Gasteiger partial charge in [-0.05, 0) is 93.3 Å². The Balaban J connectivity index is 1.23. The molecule has 0 saturated carbocycles. The van der Waals surface area contributed by atoms with Crippen molar-refractivity contribution in [2.45, 2.75) is 0 Å². The van der Waals surface area contributed by atoms with Gasteiger partial charge in [-0.3, -0.25) is 0 Å². The Hall–Kier alpha value is -6.63. The number of rotatable bonds is 3. The van der Waals surface area contributed by atoms with Crippen molar-refractivity contribution in [3.05, 3.63) is 169 Å². The molecule has 8 aromatic carbocycles. The van der Waals surface area contributed by atoms with Crippen LogP contribution >= 0.6 is 0 Å². The lowest BCUT2D eigenvalue weighted by atomic mass is 9.98. The molecule has 0 radical (unpaired) electrons. The smallest absolute Gasteiger partial charge is 0.0991 e. The van der Waals surface area contributed by atoms with E-state index in [4.69, 9.17) is 0 Å². The largest absolute Gasteiger partial charge is 0.309 e. The van der Waals surface area contributed by atoms with Crippen molar-refractivity contribution in [2.75, 3.05) is 0 Å². The maximum absolute atomic E-state index is 9.55. The molecule has 3 heteroatoms. The number of hydrogen-bond donors (Lipinski definition) is 0. The number of hydrogen-bond acceptors (Lipinski definition) is 1. The van der Waals surface area contributed by atoms with Gasteiger partial charge < -0.3 is 9.13 Å². The van der Waals surface area contributed by atoms with Crippen molar-refractivity contribution in [1.82, 2.24) is 9.13 Å². The van der Waals surface area contributed by atoms with Crippen LogP contribution in [0.2, 0.25) is 0 Å². The normalized spacial score (nSPS) is 11.7. The predicted octanol–water partition coefficient (Wildman–Crippen LogP) is 11.7. The van der Waals surface area contributed by atoms with Gasteiger partial charge in [0, 0.05) is 32.9 Å². The third-order valence-corrected chi connectivity index (χ3v) is 9.91. The second-order valence-corrected chi connectivity index (χ2v) is 12.5. The Morgan fingerprint density at radius 1 is 0.396 bits per heavy atom. The van der Waals surface area contributed by atoms with Crippen LogP contribution in [0.25, 0.3) is 87.7 Å². The van der Waals surface area contributed by atoms with Crippen LogP contribution in [0, 0.1) is 11.3 Å². The molecule has 0 aliphatic carbocycles. The maximum atomic E-state index is 9.55. The predicted molar refractivity (Wildman–Crippen MR) is 200 cm³/mol. The molecule has 0 aliphatic rings. The second-order valence-electron chi connectivity index (χ2n) is 12.5. The molecule has 0 aliphatic heterocycles. The Bertz CT molecular complexity index is 2950. The van der Waals surface area contributed by atoms with Crippen molar-refractivity contribution in [3.63, 3.8) is 0 Å². The molecule has 0 saturated heterocycles. The lowest BCUT2D eigenvalue weighted by Gasteiger charge is -2.12. The highest BCUT2D eigenvalue weighted by atomic mass is 15.0. The Morgan fingerprint density at radius 3 is 1.92 bits per heavy atom. The minimum absolute atomic E-state index is 0.677. The van der Waals surface area contributed by atoms with Crippen molar-refractivity contribution in [2.24, 2.45) is 0 Å². The fourth-order valence-corrected chi connectivity index (χ4v) is 7.79. The van der Waals surface area contributed by atoms with Gasteiger partial charge in [-0.15, -0.1) is 0 Å². The summed E-state index contributed by atoms with van der Waals surface area (Å²) in [5.74, 6) is 0. The molecular formula is C45H27N3. The number of nitrogens with zero attached hydrogens (tertiary/aromatic N) is 3. The van der Waals surface area contributed by atoms with Gasteiger partial charge in [-0.2, -0.15) is 5.26 Å². The highest BCUT2D eigenvalue weighted by Gasteiger charge is 2.18. The van der Waals surface area contributed by atoms with Gasteiger partial charge in [0.15, 0.2) is 0 Å². The zero-order chi connectivity index (χ0) is 31.8. The van der Waals surface area contributed by atoms with Gasteiger partial charge in [0.25, 0.3) is 0 Å². The van der Waals surface area contributed by atoms with Gasteiger partial charge in [-0.1, -0.05) is 103 Å². The summed E-state index contributed by atoms with van der Waals surface area (Å²) in [6.07, 6.45) is 0. The van der Waals surface area contributed by atoms with Crippen LogP contribution in [0.5, 0.6) is 0 Å². The number of aromatic nitrogens is 2. The summed E-state index contributed by atoms with van der Waals surface area (Å²) in [5, 5.41) is 19.1. The van der Waals surface area contributed by atoms with Crippen LogP contribution in [0.4, 0.5) is 0 Å². The van der Waals surface area contributed by atoms with Crippen molar-refractivity contribution < 1.29 is 0 Å². The zero-order valence-electron chi connectivity index (χ0n) is 25.9. The monoisotopic (exact) mass is 609 g/mol. The minimum Gasteiger partial charge on any atom is -0.309 e. The van der Waals surface area contributed by atoms with Crippen LogP contribution in [0.3, 0.4) is 0 Å². The average Bonchev–Trinajstić information content (AvgIpc) is 3.67. The molecule has 0 amide bonds. The van der Waals surface area contributed by atoms with Gasteiger partial charge in [0.2, 0.25) is 0 Å². The Kier molecular flexibility index (Phi) is 5.64. The first-order chi connectivity index (χ1) is 23.8. The lowest BCUT2D eigenvalue weighted by Crippen LogP contribution is -1.94. The van der Waals surface area contributed by atoms with Crippen molar-refractivity contribution >= 4 is 65.2 Å². The fourth-order valence-electron chi connectivity index (χ4n) is 7.79. The molecule has 0 unspecified atom stereocenters. The van der Waals surface area contributed by atoms with Crippen molar-refractivity contribution in [3.8, 4) is 28.6 Å². The number of para-hydroxylation sites is 3. The molecule has 2 aromatic heterocycles. The summed E-state index contributed by atoms with van der Waals surface area (Å²) in [6.45, 7) is 0. The van der Waals surface area contributed by atoms with E-state index in [1.165, 1.54) is 54.7 Å². The summed E-state index contributed by atoms with van der Waals surface area (Å²) in [5.41, 5.74) is 10.1. The topological polar surface area (TPSA) is 33.6 Å². The van der Waals surface area contributed by atoms with Crippen LogP contribution in [0.1, 0.15) is 5.56 Å². The molecule has 222 valence electrons. The van der Waals surface area contributed by atoms with Crippen LogP contribution < -0.4 is 0 Å². The molecule has 0 N–H and O–H groups in total. The van der Waals surface area contributed by atoms with Gasteiger partial charge >= 0.3 is 0 Å². The van der Waals surface area contributed by atoms with E-state index in [1.54, 1.807) is 0 Å². The summed E-state index contributed by atoms with van der Waals surface area (Å²) < 4.78 is 4.78. The van der Waals surface area contributed by atoms with E-state index < -0.39 is 0 Å². The molecule has 3 nitrogen and oxygen atoms in total. The molecule has 2 heterocycles. The zero-order valence-corrected chi connectivity index (χ0v) is 25.9. The van der Waals surface area contributed by atoms with E-state index in [-0.39, 0.29) is 0 Å². The van der Waals surface area contributed by atoms with Gasteiger partial charge in [0.1, 0.15) is 0 Å². The van der Waals surface area contributed by atoms with E-state index in [9.17, 15) is 5.26 Å². The van der Waals surface area contributed by atoms with Gasteiger partial charge in [-0.25, -0.2) is 0 Å². The lowest BCUT2D eigenvalue weighted by molar-refractivity contribution is 1.18. The highest BCUT2D eigenvalue weighted by Crippen LogP contribution is 2.41. The third-order valence-electron chi connectivity index (χ3n) is 9.91. The molecule has 0 fully saturated rings. The number of nitriles is 1. The molecule has 48 heavy (non-hydrogen) atoms. The molecule has 0 bridgehead atoms. The molecule has 10 rings (SSSR count). The first-order valence-electron chi connectivity index (χ1n) is 16.2. The molecule has 0 atom stereocenters. The summed E-state index contributed by atoms with van der Waals surface area (Å²) in [7, 11) is 0. The Labute approximate surface area is 276 Å². The summed E-state index contributed by atoms with van der Waals surface area (Å²) >= 11 is 0. The van der Waals surface area contributed by atoms with Crippen LogP contribution in [0.15, 0.2) is 164 Å². The highest BCUT2D eigenvalue weighted by molar-refractivity contribution is 6.17. The van der Waals surface area contributed by atoms with E-state index in [2.05, 4.69) is 161 Å². The molecular weight excluding hydrogens is 583 g/mol. The first kappa shape index (κ1) is 26.6. The third kappa shape index (κ3) is 3.81. The molecule has 0 spiro atoms. The summed E-state index contributed by atoms with van der Waals surface area (Å²) in [6, 6.07) is 60.9. The minimum atomic E-state index is 0.677. The first-order valence-corrected chi connectivity index (χ1v) is 16.2. The quantitative estimate of drug-likeness (QED) is 0.183. The van der Waals surface area contributed by atoms with E-state index in [1.807, 2.05) is 18.2 Å². The van der Waals surface area contributed by atoms with Crippen LogP contribution in [-0.2, 0) is 0 Å².